The van der Waals surface area contributed by atoms with E-state index in [-0.39, 0.29) is 24.2 Å². The zero-order valence-corrected chi connectivity index (χ0v) is 15.2. The highest BCUT2D eigenvalue weighted by Crippen LogP contribution is 2.24. The fourth-order valence-corrected chi connectivity index (χ4v) is 3.68. The number of carbonyl (C=O) groups is 2. The summed E-state index contributed by atoms with van der Waals surface area (Å²) in [5, 5.41) is 4.23. The third-order valence-electron chi connectivity index (χ3n) is 5.12. The first-order valence-corrected chi connectivity index (χ1v) is 9.39. The van der Waals surface area contributed by atoms with Gasteiger partial charge in [-0.25, -0.2) is 0 Å². The van der Waals surface area contributed by atoms with Gasteiger partial charge < -0.3 is 14.8 Å². The fraction of sp³-hybridized carbons (Fsp3) is 0.273. The molecule has 1 atom stereocenters. The lowest BCUT2D eigenvalue weighted by atomic mass is 10.1. The van der Waals surface area contributed by atoms with E-state index in [1.807, 2.05) is 42.5 Å². The standard InChI is InChI=1S/C22H23N3O2/c26-21-15-18(16-25(21)19-8-2-1-3-9-19)22(27)23-12-6-13-24-14-11-17-7-4-5-10-20(17)24/h1-5,7-11,14,18H,6,12-13,15-16H2,(H,23,27)/t18-/m1/s1. The van der Waals surface area contributed by atoms with Gasteiger partial charge in [0, 0.05) is 43.5 Å². The van der Waals surface area contributed by atoms with E-state index in [0.717, 1.165) is 18.7 Å². The van der Waals surface area contributed by atoms with Crippen molar-refractivity contribution >= 4 is 28.4 Å². The molecule has 1 N–H and O–H groups in total. The summed E-state index contributed by atoms with van der Waals surface area (Å²) in [5.41, 5.74) is 2.07. The smallest absolute Gasteiger partial charge is 0.227 e. The Morgan fingerprint density at radius 2 is 1.81 bits per heavy atom. The van der Waals surface area contributed by atoms with Crippen LogP contribution in [0, 0.1) is 5.92 Å². The highest BCUT2D eigenvalue weighted by molar-refractivity contribution is 6.00. The van der Waals surface area contributed by atoms with E-state index >= 15 is 0 Å². The van der Waals surface area contributed by atoms with Crippen molar-refractivity contribution in [2.24, 2.45) is 5.92 Å². The van der Waals surface area contributed by atoms with Gasteiger partial charge in [0.25, 0.3) is 0 Å². The van der Waals surface area contributed by atoms with Gasteiger partial charge in [-0.1, -0.05) is 36.4 Å². The predicted octanol–water partition coefficient (Wildman–Crippen LogP) is 3.20. The number of fused-ring (bicyclic) bond motifs is 1. The Morgan fingerprint density at radius 3 is 2.67 bits per heavy atom. The van der Waals surface area contributed by atoms with Crippen molar-refractivity contribution in [3.8, 4) is 0 Å². The average molecular weight is 361 g/mol. The number of nitrogens with zero attached hydrogens (tertiary/aromatic N) is 2. The Hall–Kier alpha value is -3.08. The summed E-state index contributed by atoms with van der Waals surface area (Å²) in [4.78, 5) is 26.4. The van der Waals surface area contributed by atoms with E-state index in [9.17, 15) is 9.59 Å². The second kappa shape index (κ2) is 7.66. The number of nitrogens with one attached hydrogen (secondary N) is 1. The molecule has 0 radical (unpaired) electrons. The minimum Gasteiger partial charge on any atom is -0.356 e. The van der Waals surface area contributed by atoms with Gasteiger partial charge in [-0.05, 0) is 36.1 Å². The SMILES string of the molecule is O=C(NCCCn1ccc2ccccc21)[C@@H]1CC(=O)N(c2ccccc2)C1. The number of aromatic nitrogens is 1. The molecule has 1 fully saturated rings. The third kappa shape index (κ3) is 3.72. The van der Waals surface area contributed by atoms with E-state index < -0.39 is 0 Å². The molecule has 4 rings (SSSR count). The van der Waals surface area contributed by atoms with Gasteiger partial charge in [0.2, 0.25) is 11.8 Å². The summed E-state index contributed by atoms with van der Waals surface area (Å²) < 4.78 is 2.21. The summed E-state index contributed by atoms with van der Waals surface area (Å²) >= 11 is 0. The minimum absolute atomic E-state index is 0.0140. The van der Waals surface area contributed by atoms with Gasteiger partial charge in [0.1, 0.15) is 0 Å². The quantitative estimate of drug-likeness (QED) is 0.686. The lowest BCUT2D eigenvalue weighted by Gasteiger charge is -2.16. The van der Waals surface area contributed by atoms with Crippen LogP contribution in [0.5, 0.6) is 0 Å². The number of rotatable bonds is 6. The molecule has 1 aliphatic heterocycles. The molecule has 0 spiro atoms. The van der Waals surface area contributed by atoms with Gasteiger partial charge in [-0.3, -0.25) is 9.59 Å². The number of benzene rings is 2. The maximum Gasteiger partial charge on any atom is 0.227 e. The van der Waals surface area contributed by atoms with Crippen molar-refractivity contribution in [2.75, 3.05) is 18.0 Å². The van der Waals surface area contributed by atoms with E-state index in [1.54, 1.807) is 4.90 Å². The summed E-state index contributed by atoms with van der Waals surface area (Å²) in [6.07, 6.45) is 3.22. The number of aryl methyl sites for hydroxylation is 1. The minimum atomic E-state index is -0.273. The highest BCUT2D eigenvalue weighted by atomic mass is 16.2. The maximum absolute atomic E-state index is 12.4. The second-order valence-corrected chi connectivity index (χ2v) is 6.95. The van der Waals surface area contributed by atoms with E-state index in [4.69, 9.17) is 0 Å². The zero-order chi connectivity index (χ0) is 18.6. The topological polar surface area (TPSA) is 54.3 Å². The van der Waals surface area contributed by atoms with Gasteiger partial charge >= 0.3 is 0 Å². The Kier molecular flexibility index (Phi) is 4.92. The predicted molar refractivity (Wildman–Crippen MR) is 106 cm³/mol. The number of hydrogen-bond acceptors (Lipinski definition) is 2. The third-order valence-corrected chi connectivity index (χ3v) is 5.12. The van der Waals surface area contributed by atoms with Crippen LogP contribution < -0.4 is 10.2 Å². The molecule has 5 nitrogen and oxygen atoms in total. The van der Waals surface area contributed by atoms with Crippen LogP contribution in [-0.2, 0) is 16.1 Å². The summed E-state index contributed by atoms with van der Waals surface area (Å²) in [6.45, 7) is 1.92. The second-order valence-electron chi connectivity index (χ2n) is 6.95. The molecular weight excluding hydrogens is 338 g/mol. The monoisotopic (exact) mass is 361 g/mol. The molecule has 0 aliphatic carbocycles. The van der Waals surface area contributed by atoms with Crippen LogP contribution in [0.4, 0.5) is 5.69 Å². The normalized spacial score (nSPS) is 16.8. The first-order chi connectivity index (χ1) is 13.2. The Morgan fingerprint density at radius 1 is 1.04 bits per heavy atom. The molecular formula is C22H23N3O2. The molecule has 138 valence electrons. The van der Waals surface area contributed by atoms with Crippen molar-refractivity contribution < 1.29 is 9.59 Å². The first-order valence-electron chi connectivity index (χ1n) is 9.39. The van der Waals surface area contributed by atoms with Crippen LogP contribution in [0.2, 0.25) is 0 Å². The number of para-hydroxylation sites is 2. The Balaban J connectivity index is 1.27. The lowest BCUT2D eigenvalue weighted by molar-refractivity contribution is -0.126. The largest absolute Gasteiger partial charge is 0.356 e. The van der Waals surface area contributed by atoms with Crippen molar-refractivity contribution in [3.63, 3.8) is 0 Å². The molecule has 1 aliphatic rings. The molecule has 2 aromatic carbocycles. The maximum atomic E-state index is 12.4. The molecule has 0 unspecified atom stereocenters. The van der Waals surface area contributed by atoms with Gasteiger partial charge in [-0.2, -0.15) is 0 Å². The number of anilines is 1. The van der Waals surface area contributed by atoms with Crippen LogP contribution in [0.15, 0.2) is 66.9 Å². The van der Waals surface area contributed by atoms with Crippen LogP contribution in [0.1, 0.15) is 12.8 Å². The summed E-state index contributed by atoms with van der Waals surface area (Å²) in [5.74, 6) is -0.288. The van der Waals surface area contributed by atoms with Crippen molar-refractivity contribution in [1.82, 2.24) is 9.88 Å². The molecule has 1 saturated heterocycles. The molecule has 27 heavy (non-hydrogen) atoms. The first kappa shape index (κ1) is 17.3. The van der Waals surface area contributed by atoms with Crippen LogP contribution in [0.25, 0.3) is 10.9 Å². The number of carbonyl (C=O) groups excluding carboxylic acids is 2. The van der Waals surface area contributed by atoms with E-state index in [1.165, 1.54) is 10.9 Å². The number of hydrogen-bond donors (Lipinski definition) is 1. The molecule has 0 saturated carbocycles. The molecule has 2 heterocycles. The van der Waals surface area contributed by atoms with Gasteiger partial charge in [0.05, 0.1) is 5.92 Å². The van der Waals surface area contributed by atoms with Gasteiger partial charge in [0.15, 0.2) is 0 Å². The molecule has 5 heteroatoms. The highest BCUT2D eigenvalue weighted by Gasteiger charge is 2.34. The van der Waals surface area contributed by atoms with Crippen LogP contribution in [-0.4, -0.2) is 29.5 Å². The van der Waals surface area contributed by atoms with E-state index in [2.05, 4.69) is 34.3 Å². The average Bonchev–Trinajstić information content (AvgIpc) is 3.29. The lowest BCUT2D eigenvalue weighted by Crippen LogP contribution is -2.33. The number of amides is 2. The molecule has 3 aromatic rings. The summed E-state index contributed by atoms with van der Waals surface area (Å²) in [6, 6.07) is 19.9. The molecule has 1 aromatic heterocycles. The Labute approximate surface area is 158 Å². The van der Waals surface area contributed by atoms with Crippen molar-refractivity contribution in [3.05, 3.63) is 66.9 Å². The molecule has 0 bridgehead atoms. The molecule has 2 amide bonds. The van der Waals surface area contributed by atoms with Crippen LogP contribution >= 0.6 is 0 Å². The van der Waals surface area contributed by atoms with Gasteiger partial charge in [-0.15, -0.1) is 0 Å². The van der Waals surface area contributed by atoms with Crippen LogP contribution in [0.3, 0.4) is 0 Å². The fourth-order valence-electron chi connectivity index (χ4n) is 3.68. The Bertz CT molecular complexity index is 948. The van der Waals surface area contributed by atoms with Crippen molar-refractivity contribution in [1.29, 1.82) is 0 Å². The van der Waals surface area contributed by atoms with E-state index in [0.29, 0.717) is 13.1 Å². The zero-order valence-electron chi connectivity index (χ0n) is 15.2. The van der Waals surface area contributed by atoms with Crippen molar-refractivity contribution in [2.45, 2.75) is 19.4 Å². The summed E-state index contributed by atoms with van der Waals surface area (Å²) in [7, 11) is 0.